The second-order valence-electron chi connectivity index (χ2n) is 6.14. The molecule has 1 saturated heterocycles. The Balaban J connectivity index is 1.57. The Morgan fingerprint density at radius 3 is 2.78 bits per heavy atom. The normalized spacial score (nSPS) is 15.0. The highest BCUT2D eigenvalue weighted by molar-refractivity contribution is 7.09. The Morgan fingerprint density at radius 1 is 1.37 bits per heavy atom. The molecule has 3 rings (SSSR count). The molecule has 1 aromatic heterocycles. The van der Waals surface area contributed by atoms with Crippen LogP contribution in [0, 0.1) is 17.1 Å². The first kappa shape index (κ1) is 19.0. The standard InChI is InChI=1S/C18H22FN7S/c1-3-16-23-18(27-24-16)26-8-6-25(7-9-26)17(21-2)22-12-14-10-13(11-20)4-5-15(14)19/h4-5,10H,3,6-9,12H2,1-2H3,(H,21,22). The number of nitriles is 1. The monoisotopic (exact) mass is 387 g/mol. The summed E-state index contributed by atoms with van der Waals surface area (Å²) in [6, 6.07) is 6.40. The maximum atomic E-state index is 14.0. The van der Waals surface area contributed by atoms with Crippen LogP contribution in [-0.2, 0) is 13.0 Å². The summed E-state index contributed by atoms with van der Waals surface area (Å²) in [6.07, 6.45) is 0.844. The molecule has 27 heavy (non-hydrogen) atoms. The average molecular weight is 387 g/mol. The van der Waals surface area contributed by atoms with Gasteiger partial charge in [0.2, 0.25) is 5.13 Å². The molecule has 1 aliphatic rings. The second kappa shape index (κ2) is 8.77. The summed E-state index contributed by atoms with van der Waals surface area (Å²) in [5.41, 5.74) is 0.898. The molecule has 7 nitrogen and oxygen atoms in total. The van der Waals surface area contributed by atoms with Crippen molar-refractivity contribution in [2.24, 2.45) is 4.99 Å². The zero-order valence-electron chi connectivity index (χ0n) is 15.4. The van der Waals surface area contributed by atoms with E-state index in [0.29, 0.717) is 11.1 Å². The molecule has 0 spiro atoms. The third-order valence-corrected chi connectivity index (χ3v) is 5.26. The minimum absolute atomic E-state index is 0.282. The minimum Gasteiger partial charge on any atom is -0.352 e. The number of anilines is 1. The van der Waals surface area contributed by atoms with Crippen molar-refractivity contribution in [1.29, 1.82) is 5.26 Å². The molecule has 0 saturated carbocycles. The topological polar surface area (TPSA) is 80.4 Å². The summed E-state index contributed by atoms with van der Waals surface area (Å²) in [4.78, 5) is 13.2. The predicted octanol–water partition coefficient (Wildman–Crippen LogP) is 2.01. The number of aromatic nitrogens is 2. The van der Waals surface area contributed by atoms with Crippen LogP contribution in [0.5, 0.6) is 0 Å². The number of rotatable bonds is 4. The van der Waals surface area contributed by atoms with Crippen LogP contribution in [0.4, 0.5) is 9.52 Å². The minimum atomic E-state index is -0.329. The summed E-state index contributed by atoms with van der Waals surface area (Å²) in [5, 5.41) is 13.1. The van der Waals surface area contributed by atoms with E-state index in [1.54, 1.807) is 13.1 Å². The van der Waals surface area contributed by atoms with E-state index in [9.17, 15) is 4.39 Å². The van der Waals surface area contributed by atoms with E-state index in [1.165, 1.54) is 23.7 Å². The van der Waals surface area contributed by atoms with E-state index in [0.717, 1.165) is 49.5 Å². The van der Waals surface area contributed by atoms with Gasteiger partial charge in [0.05, 0.1) is 11.6 Å². The molecular weight excluding hydrogens is 365 g/mol. The first-order valence-electron chi connectivity index (χ1n) is 8.86. The Morgan fingerprint density at radius 2 is 2.15 bits per heavy atom. The van der Waals surface area contributed by atoms with Crippen LogP contribution in [0.2, 0.25) is 0 Å². The van der Waals surface area contributed by atoms with E-state index in [-0.39, 0.29) is 12.4 Å². The lowest BCUT2D eigenvalue weighted by atomic mass is 10.1. The maximum absolute atomic E-state index is 14.0. The third kappa shape index (κ3) is 4.52. The number of guanidine groups is 1. The molecule has 9 heteroatoms. The number of aliphatic imine (C=N–C) groups is 1. The van der Waals surface area contributed by atoms with Crippen LogP contribution in [0.15, 0.2) is 23.2 Å². The van der Waals surface area contributed by atoms with Gasteiger partial charge in [0.25, 0.3) is 0 Å². The van der Waals surface area contributed by atoms with Crippen molar-refractivity contribution in [2.75, 3.05) is 38.1 Å². The molecule has 1 aliphatic heterocycles. The van der Waals surface area contributed by atoms with E-state index < -0.39 is 0 Å². The van der Waals surface area contributed by atoms with Gasteiger partial charge in [-0.3, -0.25) is 4.99 Å². The fourth-order valence-corrected chi connectivity index (χ4v) is 3.71. The SMILES string of the molecule is CCc1nsc(N2CCN(C(=NC)NCc3cc(C#N)ccc3F)CC2)n1. The molecule has 0 radical (unpaired) electrons. The van der Waals surface area contributed by atoms with Crippen molar-refractivity contribution >= 4 is 22.6 Å². The summed E-state index contributed by atoms with van der Waals surface area (Å²) in [6.45, 7) is 5.58. The van der Waals surface area contributed by atoms with Crippen LogP contribution in [0.1, 0.15) is 23.9 Å². The smallest absolute Gasteiger partial charge is 0.205 e. The number of nitrogens with zero attached hydrogens (tertiary/aromatic N) is 6. The molecule has 0 atom stereocenters. The quantitative estimate of drug-likeness (QED) is 0.639. The third-order valence-electron chi connectivity index (χ3n) is 4.45. The number of hydrogen-bond acceptors (Lipinski definition) is 6. The first-order valence-corrected chi connectivity index (χ1v) is 9.63. The maximum Gasteiger partial charge on any atom is 0.205 e. The zero-order valence-corrected chi connectivity index (χ0v) is 16.3. The number of aryl methyl sites for hydroxylation is 1. The van der Waals surface area contributed by atoms with Crippen LogP contribution in [0.25, 0.3) is 0 Å². The molecule has 142 valence electrons. The van der Waals surface area contributed by atoms with E-state index in [1.807, 2.05) is 6.07 Å². The number of benzene rings is 1. The molecule has 2 aromatic rings. The highest BCUT2D eigenvalue weighted by Gasteiger charge is 2.22. The first-order chi connectivity index (χ1) is 13.1. The highest BCUT2D eigenvalue weighted by atomic mass is 32.1. The van der Waals surface area contributed by atoms with Crippen molar-refractivity contribution in [3.8, 4) is 6.07 Å². The van der Waals surface area contributed by atoms with Gasteiger partial charge in [0, 0.05) is 63.3 Å². The Hall–Kier alpha value is -2.73. The molecule has 1 N–H and O–H groups in total. The van der Waals surface area contributed by atoms with E-state index >= 15 is 0 Å². The summed E-state index contributed by atoms with van der Waals surface area (Å²) < 4.78 is 18.3. The summed E-state index contributed by atoms with van der Waals surface area (Å²) >= 11 is 1.44. The molecule has 0 amide bonds. The number of halogens is 1. The van der Waals surface area contributed by atoms with Crippen molar-refractivity contribution in [3.63, 3.8) is 0 Å². The molecule has 0 bridgehead atoms. The lowest BCUT2D eigenvalue weighted by Crippen LogP contribution is -2.52. The van der Waals surface area contributed by atoms with Crippen LogP contribution in [0.3, 0.4) is 0 Å². The summed E-state index contributed by atoms with van der Waals surface area (Å²) in [7, 11) is 1.72. The van der Waals surface area contributed by atoms with Crippen LogP contribution >= 0.6 is 11.5 Å². The van der Waals surface area contributed by atoms with Crippen molar-refractivity contribution in [3.05, 3.63) is 41.0 Å². The van der Waals surface area contributed by atoms with Gasteiger partial charge in [0.1, 0.15) is 11.6 Å². The predicted molar refractivity (Wildman–Crippen MR) is 104 cm³/mol. The number of hydrogen-bond donors (Lipinski definition) is 1. The lowest BCUT2D eigenvalue weighted by molar-refractivity contribution is 0.372. The molecule has 1 fully saturated rings. The molecule has 2 heterocycles. The lowest BCUT2D eigenvalue weighted by Gasteiger charge is -2.36. The Labute approximate surface area is 162 Å². The van der Waals surface area contributed by atoms with Crippen LogP contribution in [-0.4, -0.2) is 53.4 Å². The second-order valence-corrected chi connectivity index (χ2v) is 6.87. The van der Waals surface area contributed by atoms with Crippen molar-refractivity contribution < 1.29 is 4.39 Å². The molecular formula is C18H22FN7S. The fourth-order valence-electron chi connectivity index (χ4n) is 2.91. The molecule has 0 aliphatic carbocycles. The molecule has 1 aromatic carbocycles. The Kier molecular flexibility index (Phi) is 6.19. The number of nitrogens with one attached hydrogen (secondary N) is 1. The zero-order chi connectivity index (χ0) is 19.2. The average Bonchev–Trinajstić information content (AvgIpc) is 3.19. The van der Waals surface area contributed by atoms with Gasteiger partial charge in [-0.15, -0.1) is 0 Å². The van der Waals surface area contributed by atoms with Gasteiger partial charge < -0.3 is 15.1 Å². The fraction of sp³-hybridized carbons (Fsp3) is 0.444. The van der Waals surface area contributed by atoms with E-state index in [2.05, 4.69) is 36.4 Å². The van der Waals surface area contributed by atoms with Crippen LogP contribution < -0.4 is 10.2 Å². The van der Waals surface area contributed by atoms with Crippen molar-refractivity contribution in [2.45, 2.75) is 19.9 Å². The van der Waals surface area contributed by atoms with Gasteiger partial charge in [-0.25, -0.2) is 9.37 Å². The Bertz CT molecular complexity index is 850. The van der Waals surface area contributed by atoms with Crippen molar-refractivity contribution in [1.82, 2.24) is 19.6 Å². The van der Waals surface area contributed by atoms with Gasteiger partial charge in [-0.1, -0.05) is 6.92 Å². The van der Waals surface area contributed by atoms with Gasteiger partial charge in [-0.2, -0.15) is 9.64 Å². The van der Waals surface area contributed by atoms with E-state index in [4.69, 9.17) is 5.26 Å². The largest absolute Gasteiger partial charge is 0.352 e. The van der Waals surface area contributed by atoms with Gasteiger partial charge >= 0.3 is 0 Å². The van der Waals surface area contributed by atoms with Gasteiger partial charge in [-0.05, 0) is 18.2 Å². The van der Waals surface area contributed by atoms with Gasteiger partial charge in [0.15, 0.2) is 5.96 Å². The summed E-state index contributed by atoms with van der Waals surface area (Å²) in [5.74, 6) is 1.28. The highest BCUT2D eigenvalue weighted by Crippen LogP contribution is 2.19. The number of piperazine rings is 1. The molecule has 0 unspecified atom stereocenters.